The van der Waals surface area contributed by atoms with Gasteiger partial charge in [0.05, 0.1) is 20.8 Å². The number of nitrogens with zero attached hydrogens (tertiary/aromatic N) is 3. The lowest BCUT2D eigenvalue weighted by Crippen LogP contribution is -2.10. The summed E-state index contributed by atoms with van der Waals surface area (Å²) in [6, 6.07) is 191. The van der Waals surface area contributed by atoms with E-state index in [0.29, 0.717) is 0 Å². The van der Waals surface area contributed by atoms with Gasteiger partial charge in [-0.2, -0.15) is 0 Å². The molecular formula is C138H87N3O2S4. The van der Waals surface area contributed by atoms with Gasteiger partial charge in [-0.15, -0.1) is 45.3 Å². The third-order valence-corrected chi connectivity index (χ3v) is 33.7. The second-order valence-electron chi connectivity index (χ2n) is 37.5. The van der Waals surface area contributed by atoms with Crippen molar-refractivity contribution in [3.05, 3.63) is 528 Å². The monoisotopic (exact) mass is 1950 g/mol. The van der Waals surface area contributed by atoms with Crippen LogP contribution in [-0.4, -0.2) is 0 Å². The van der Waals surface area contributed by atoms with Gasteiger partial charge in [0.15, 0.2) is 0 Å². The van der Waals surface area contributed by atoms with Crippen molar-refractivity contribution in [2.45, 2.75) is 0 Å². The van der Waals surface area contributed by atoms with Gasteiger partial charge in [-0.25, -0.2) is 0 Å². The molecule has 5 nitrogen and oxygen atoms in total. The van der Waals surface area contributed by atoms with Crippen LogP contribution in [0.5, 0.6) is 0 Å². The van der Waals surface area contributed by atoms with E-state index < -0.39 is 0 Å². The van der Waals surface area contributed by atoms with Gasteiger partial charge in [0.1, 0.15) is 22.3 Å². The highest BCUT2D eigenvalue weighted by atomic mass is 32.1. The first-order chi connectivity index (χ1) is 72.9. The molecule has 0 spiro atoms. The summed E-state index contributed by atoms with van der Waals surface area (Å²) in [5, 5.41) is 22.4. The van der Waals surface area contributed by atoms with Crippen molar-refractivity contribution < 1.29 is 8.83 Å². The minimum absolute atomic E-state index is 0.855. The van der Waals surface area contributed by atoms with Crippen LogP contribution in [0.1, 0.15) is 0 Å². The Hall–Kier alpha value is -18.1. The summed E-state index contributed by atoms with van der Waals surface area (Å²) in [6.07, 6.45) is 0. The molecular weight excluding hydrogens is 1860 g/mol. The third-order valence-electron chi connectivity index (χ3n) is 29.0. The van der Waals surface area contributed by atoms with Crippen LogP contribution < -0.4 is 14.7 Å². The maximum Gasteiger partial charge on any atom is 0.137 e. The zero-order chi connectivity index (χ0) is 96.9. The Morgan fingerprint density at radius 2 is 0.401 bits per heavy atom. The summed E-state index contributed by atoms with van der Waals surface area (Å²) in [5.41, 5.74) is 28.2. The Bertz CT molecular complexity index is 9620. The molecule has 0 saturated carbocycles. The maximum absolute atomic E-state index is 6.35. The van der Waals surface area contributed by atoms with Gasteiger partial charge < -0.3 is 23.5 Å². The topological polar surface area (TPSA) is 36.0 Å². The SMILES string of the molecule is c1ccc(-c2c(-c3ccc(N(c4ccc5c(c4)oc4ccccc45)c4ccc5c(c4)oc4ccccc45)cc3)ccc3ccccc23)cc1.c1ccc(-c2c(-c3ccc(N(c4ccc5c(c4)sc4ccccc45)c4ccc5c(c4)sc4ccccc45)cc3)ccc3ccccc23)cc1.c1ccc(-c2c(-c3ccc(N(c4cccc5c4sc4ccccc45)c4cccc5c4sc4ccccc45)cc3)ccc3ccccc23)cc1. The summed E-state index contributed by atoms with van der Waals surface area (Å²) in [7, 11) is 0. The largest absolute Gasteiger partial charge is 0.456 e. The molecule has 6 heterocycles. The average molecular weight is 1950 g/mol. The Morgan fingerprint density at radius 3 is 0.762 bits per heavy atom. The van der Waals surface area contributed by atoms with Crippen molar-refractivity contribution in [2.24, 2.45) is 0 Å². The number of hydrogen-bond acceptors (Lipinski definition) is 9. The molecule has 0 fully saturated rings. The summed E-state index contributed by atoms with van der Waals surface area (Å²) in [4.78, 5) is 7.18. The van der Waals surface area contributed by atoms with Crippen LogP contribution in [0.2, 0.25) is 0 Å². The fraction of sp³-hybridized carbons (Fsp3) is 0. The van der Waals surface area contributed by atoms with E-state index in [2.05, 4.69) is 518 Å². The molecule has 0 aliphatic heterocycles. The zero-order valence-corrected chi connectivity index (χ0v) is 82.8. The van der Waals surface area contributed by atoms with Crippen LogP contribution in [0.15, 0.2) is 537 Å². The van der Waals surface area contributed by atoms with E-state index in [-0.39, 0.29) is 0 Å². The molecule has 30 rings (SSSR count). The molecule has 0 amide bonds. The molecule has 24 aromatic carbocycles. The Balaban J connectivity index is 0.000000107. The lowest BCUT2D eigenvalue weighted by molar-refractivity contribution is 0.669. The van der Waals surface area contributed by atoms with E-state index >= 15 is 0 Å². The highest BCUT2D eigenvalue weighted by Gasteiger charge is 2.27. The van der Waals surface area contributed by atoms with E-state index in [4.69, 9.17) is 8.83 Å². The number of benzene rings is 24. The van der Waals surface area contributed by atoms with Crippen LogP contribution in [0.25, 0.3) is 224 Å². The molecule has 30 aromatic rings. The first kappa shape index (κ1) is 86.8. The Labute approximate surface area is 864 Å². The predicted molar refractivity (Wildman–Crippen MR) is 635 cm³/mol. The zero-order valence-electron chi connectivity index (χ0n) is 79.5. The molecule has 0 aliphatic rings. The fourth-order valence-electron chi connectivity index (χ4n) is 22.2. The fourth-order valence-corrected chi connectivity index (χ4v) is 26.9. The molecule has 0 bridgehead atoms. The molecule has 690 valence electrons. The molecule has 0 aliphatic carbocycles. The molecule has 0 unspecified atom stereocenters. The number of rotatable bonds is 15. The molecule has 6 aromatic heterocycles. The minimum Gasteiger partial charge on any atom is -0.456 e. The van der Waals surface area contributed by atoms with Crippen LogP contribution in [0.3, 0.4) is 0 Å². The average Bonchev–Trinajstić information content (AvgIpc) is 1.55. The third kappa shape index (κ3) is 15.5. The van der Waals surface area contributed by atoms with E-state index in [0.717, 1.165) is 89.3 Å². The summed E-state index contributed by atoms with van der Waals surface area (Å²) < 4.78 is 23.1. The number of fused-ring (bicyclic) bond motifs is 21. The van der Waals surface area contributed by atoms with Gasteiger partial charge in [0.2, 0.25) is 0 Å². The molecule has 0 saturated heterocycles. The lowest BCUT2D eigenvalue weighted by atomic mass is 9.90. The van der Waals surface area contributed by atoms with Crippen LogP contribution in [0, 0.1) is 0 Å². The van der Waals surface area contributed by atoms with E-state index in [1.807, 2.05) is 69.6 Å². The van der Waals surface area contributed by atoms with Gasteiger partial charge in [-0.1, -0.05) is 382 Å². The van der Waals surface area contributed by atoms with Crippen molar-refractivity contribution in [1.82, 2.24) is 0 Å². The van der Waals surface area contributed by atoms with Gasteiger partial charge in [-0.05, 0) is 233 Å². The van der Waals surface area contributed by atoms with Gasteiger partial charge >= 0.3 is 0 Å². The normalized spacial score (nSPS) is 11.7. The number of thiophene rings is 4. The van der Waals surface area contributed by atoms with Crippen molar-refractivity contribution in [3.63, 3.8) is 0 Å². The van der Waals surface area contributed by atoms with Crippen molar-refractivity contribution in [1.29, 1.82) is 0 Å². The lowest BCUT2D eigenvalue weighted by Gasteiger charge is -2.27. The molecule has 0 atom stereocenters. The summed E-state index contributed by atoms with van der Waals surface area (Å²) >= 11 is 7.49. The van der Waals surface area contributed by atoms with Crippen LogP contribution in [-0.2, 0) is 0 Å². The van der Waals surface area contributed by atoms with Crippen molar-refractivity contribution >= 4 is 253 Å². The van der Waals surface area contributed by atoms with Gasteiger partial charge in [0.25, 0.3) is 0 Å². The smallest absolute Gasteiger partial charge is 0.137 e. The highest BCUT2D eigenvalue weighted by Crippen LogP contribution is 2.54. The Morgan fingerprint density at radius 1 is 0.143 bits per heavy atom. The van der Waals surface area contributed by atoms with E-state index in [9.17, 15) is 0 Å². The predicted octanol–water partition coefficient (Wildman–Crippen LogP) is 42.2. The maximum atomic E-state index is 6.35. The minimum atomic E-state index is 0.855. The highest BCUT2D eigenvalue weighted by molar-refractivity contribution is 7.27. The van der Waals surface area contributed by atoms with E-state index in [1.54, 1.807) is 0 Å². The quantitative estimate of drug-likeness (QED) is 0.102. The van der Waals surface area contributed by atoms with Crippen molar-refractivity contribution in [2.75, 3.05) is 14.7 Å². The number of furan rings is 2. The molecule has 0 N–H and O–H groups in total. The Kier molecular flexibility index (Phi) is 21.7. The molecule has 9 heteroatoms. The van der Waals surface area contributed by atoms with Crippen molar-refractivity contribution in [3.8, 4) is 66.8 Å². The standard InChI is InChI=1S/C46H29NO2.2C46H29NS2/c1-2-11-32(12-3-1)46-36-13-5-4-10-30(36)20-25-37(46)31-18-21-33(22-19-31)47(34-23-26-40-38-14-6-8-16-42(38)48-44(40)28-34)35-24-27-41-39-15-7-9-17-43(39)49-45(41)29-35;1-2-13-32(14-3-1)44-34-15-5-4-12-30(34)26-29-35(44)31-24-27-33(28-25-31)47(40-20-10-18-38-36-16-6-8-22-42(36)48-45(38)40)41-21-11-19-39-37-17-7-9-23-43(37)49-46(39)41;1-2-11-32(12-3-1)46-36-13-5-4-10-30(36)20-25-37(46)31-18-21-33(22-19-31)47(34-23-26-40-38-14-6-8-16-42(38)48-44(40)28-34)35-24-27-41-39-15-7-9-17-43(39)49-45(41)29-35/h3*1-29H. The first-order valence-corrected chi connectivity index (χ1v) is 53.0. The number of para-hydroxylation sites is 2. The van der Waals surface area contributed by atoms with Crippen LogP contribution >= 0.6 is 45.3 Å². The summed E-state index contributed by atoms with van der Waals surface area (Å²) in [5.74, 6) is 0. The molecule has 0 radical (unpaired) electrons. The van der Waals surface area contributed by atoms with Gasteiger partial charge in [-0.3, -0.25) is 0 Å². The first-order valence-electron chi connectivity index (χ1n) is 49.8. The number of anilines is 9. The number of hydrogen-bond donors (Lipinski definition) is 0. The molecule has 147 heavy (non-hydrogen) atoms. The summed E-state index contributed by atoms with van der Waals surface area (Å²) in [6.45, 7) is 0. The second-order valence-corrected chi connectivity index (χ2v) is 41.8. The second kappa shape index (κ2) is 36.7. The van der Waals surface area contributed by atoms with Gasteiger partial charge in [0, 0.05) is 145 Å². The van der Waals surface area contributed by atoms with Crippen LogP contribution in [0.4, 0.5) is 51.2 Å². The van der Waals surface area contributed by atoms with E-state index in [1.165, 1.54) is 186 Å².